The summed E-state index contributed by atoms with van der Waals surface area (Å²) < 4.78 is 4.85. The Morgan fingerprint density at radius 2 is 2.00 bits per heavy atom. The molecule has 21 heavy (non-hydrogen) atoms. The number of amides is 1. The molecule has 1 heterocycles. The molecule has 1 unspecified atom stereocenters. The van der Waals surface area contributed by atoms with Crippen LogP contribution in [0.3, 0.4) is 0 Å². The van der Waals surface area contributed by atoms with Crippen molar-refractivity contribution in [2.75, 3.05) is 33.8 Å². The van der Waals surface area contributed by atoms with Crippen molar-refractivity contribution in [3.05, 3.63) is 30.1 Å². The highest BCUT2D eigenvalue weighted by Gasteiger charge is 2.28. The Balaban J connectivity index is 2.89. The molecular weight excluding hydrogens is 270 g/mol. The van der Waals surface area contributed by atoms with Gasteiger partial charge >= 0.3 is 5.97 Å². The van der Waals surface area contributed by atoms with Crippen molar-refractivity contribution in [1.82, 2.24) is 14.8 Å². The van der Waals surface area contributed by atoms with Crippen molar-refractivity contribution in [3.63, 3.8) is 0 Å². The minimum absolute atomic E-state index is 0.0136. The molecular formula is C15H23N3O3. The zero-order valence-corrected chi connectivity index (χ0v) is 13.1. The molecule has 6 nitrogen and oxygen atoms in total. The van der Waals surface area contributed by atoms with E-state index in [-0.39, 0.29) is 12.5 Å². The number of pyridine rings is 1. The van der Waals surface area contributed by atoms with Crippen molar-refractivity contribution in [2.24, 2.45) is 0 Å². The highest BCUT2D eigenvalue weighted by molar-refractivity contribution is 5.81. The molecule has 0 aliphatic carbocycles. The highest BCUT2D eigenvalue weighted by atomic mass is 16.5. The fourth-order valence-electron chi connectivity index (χ4n) is 2.20. The smallest absolute Gasteiger partial charge is 0.327 e. The average Bonchev–Trinajstić information content (AvgIpc) is 2.49. The zero-order valence-electron chi connectivity index (χ0n) is 13.1. The molecule has 1 aromatic heterocycles. The normalized spacial score (nSPS) is 12.0. The van der Waals surface area contributed by atoms with Crippen LogP contribution < -0.4 is 0 Å². The second-order valence-electron chi connectivity index (χ2n) is 4.69. The maximum Gasteiger partial charge on any atom is 0.327 e. The molecule has 1 amide bonds. The zero-order chi connectivity index (χ0) is 15.8. The summed E-state index contributed by atoms with van der Waals surface area (Å²) in [7, 11) is 3.07. The Kier molecular flexibility index (Phi) is 6.81. The molecule has 0 aliphatic heterocycles. The van der Waals surface area contributed by atoms with Crippen LogP contribution in [0.4, 0.5) is 0 Å². The molecule has 0 spiro atoms. The van der Waals surface area contributed by atoms with E-state index in [9.17, 15) is 9.59 Å². The van der Waals surface area contributed by atoms with Gasteiger partial charge in [0, 0.05) is 25.5 Å². The second-order valence-corrected chi connectivity index (χ2v) is 4.69. The Morgan fingerprint density at radius 3 is 2.48 bits per heavy atom. The number of hydrogen-bond donors (Lipinski definition) is 0. The number of rotatable bonds is 7. The molecule has 1 rings (SSSR count). The average molecular weight is 293 g/mol. The van der Waals surface area contributed by atoms with Crippen LogP contribution in [0.2, 0.25) is 0 Å². The van der Waals surface area contributed by atoms with E-state index in [1.807, 2.05) is 13.8 Å². The number of hydrogen-bond acceptors (Lipinski definition) is 5. The van der Waals surface area contributed by atoms with Gasteiger partial charge in [-0.25, -0.2) is 4.79 Å². The maximum atomic E-state index is 12.2. The molecule has 1 aromatic rings. The summed E-state index contributed by atoms with van der Waals surface area (Å²) in [4.78, 5) is 31.6. The van der Waals surface area contributed by atoms with Gasteiger partial charge in [0.2, 0.25) is 5.91 Å². The lowest BCUT2D eigenvalue weighted by Crippen LogP contribution is -2.42. The van der Waals surface area contributed by atoms with Crippen LogP contribution in [0.5, 0.6) is 0 Å². The van der Waals surface area contributed by atoms with Crippen LogP contribution in [0.1, 0.15) is 25.5 Å². The lowest BCUT2D eigenvalue weighted by molar-refractivity contribution is -0.147. The van der Waals surface area contributed by atoms with E-state index in [0.29, 0.717) is 18.7 Å². The lowest BCUT2D eigenvalue weighted by Gasteiger charge is -2.28. The fraction of sp³-hybridized carbons (Fsp3) is 0.533. The minimum Gasteiger partial charge on any atom is -0.468 e. The predicted octanol–water partition coefficient (Wildman–Crippen LogP) is 1.10. The van der Waals surface area contributed by atoms with E-state index in [2.05, 4.69) is 4.98 Å². The SMILES string of the molecule is CCN(CC)C(=O)CN(C)C(C(=O)OC)c1cccnc1. The number of methoxy groups -OCH3 is 1. The van der Waals surface area contributed by atoms with Gasteiger partial charge in [-0.1, -0.05) is 6.07 Å². The topological polar surface area (TPSA) is 62.7 Å². The van der Waals surface area contributed by atoms with Gasteiger partial charge in [0.1, 0.15) is 6.04 Å². The van der Waals surface area contributed by atoms with Crippen molar-refractivity contribution >= 4 is 11.9 Å². The van der Waals surface area contributed by atoms with Crippen LogP contribution >= 0.6 is 0 Å². The molecule has 0 saturated carbocycles. The number of carbonyl (C=O) groups is 2. The van der Waals surface area contributed by atoms with E-state index in [4.69, 9.17) is 4.74 Å². The van der Waals surface area contributed by atoms with Crippen LogP contribution in [0.25, 0.3) is 0 Å². The highest BCUT2D eigenvalue weighted by Crippen LogP contribution is 2.20. The van der Waals surface area contributed by atoms with E-state index >= 15 is 0 Å². The second kappa shape index (κ2) is 8.36. The third-order valence-electron chi connectivity index (χ3n) is 3.37. The molecule has 116 valence electrons. The largest absolute Gasteiger partial charge is 0.468 e. The molecule has 0 bridgehead atoms. The molecule has 6 heteroatoms. The Morgan fingerprint density at radius 1 is 1.33 bits per heavy atom. The maximum absolute atomic E-state index is 12.2. The fourth-order valence-corrected chi connectivity index (χ4v) is 2.20. The summed E-state index contributed by atoms with van der Waals surface area (Å²) >= 11 is 0. The van der Waals surface area contributed by atoms with Gasteiger partial charge in [0.05, 0.1) is 13.7 Å². The molecule has 0 aliphatic rings. The van der Waals surface area contributed by atoms with E-state index in [1.54, 1.807) is 41.4 Å². The summed E-state index contributed by atoms with van der Waals surface area (Å²) in [6.45, 7) is 5.31. The molecule has 0 radical (unpaired) electrons. The number of carbonyl (C=O) groups excluding carboxylic acids is 2. The quantitative estimate of drug-likeness (QED) is 0.704. The van der Waals surface area contributed by atoms with Gasteiger partial charge in [0.25, 0.3) is 0 Å². The van der Waals surface area contributed by atoms with Crippen LogP contribution in [-0.4, -0.2) is 60.5 Å². The van der Waals surface area contributed by atoms with Crippen molar-refractivity contribution in [3.8, 4) is 0 Å². The Bertz CT molecular complexity index is 460. The van der Waals surface area contributed by atoms with Crippen LogP contribution in [-0.2, 0) is 14.3 Å². The summed E-state index contributed by atoms with van der Waals surface area (Å²) in [5.74, 6) is -0.418. The van der Waals surface area contributed by atoms with Crippen LogP contribution in [0.15, 0.2) is 24.5 Å². The number of likely N-dealkylation sites (N-methyl/N-ethyl adjacent to an activating group) is 2. The van der Waals surface area contributed by atoms with E-state index < -0.39 is 12.0 Å². The third kappa shape index (κ3) is 4.53. The van der Waals surface area contributed by atoms with Gasteiger partial charge < -0.3 is 9.64 Å². The number of esters is 1. The van der Waals surface area contributed by atoms with E-state index in [1.165, 1.54) is 7.11 Å². The molecule has 1 atom stereocenters. The summed E-state index contributed by atoms with van der Waals surface area (Å²) in [5.41, 5.74) is 0.708. The van der Waals surface area contributed by atoms with Crippen molar-refractivity contribution in [2.45, 2.75) is 19.9 Å². The van der Waals surface area contributed by atoms with Gasteiger partial charge in [-0.2, -0.15) is 0 Å². The lowest BCUT2D eigenvalue weighted by atomic mass is 10.1. The summed E-state index contributed by atoms with van der Waals surface area (Å²) in [5, 5.41) is 0. The summed E-state index contributed by atoms with van der Waals surface area (Å²) in [6, 6.07) is 2.92. The molecule has 0 N–H and O–H groups in total. The number of ether oxygens (including phenoxy) is 1. The van der Waals surface area contributed by atoms with Crippen LogP contribution in [0, 0.1) is 0 Å². The van der Waals surface area contributed by atoms with Gasteiger partial charge in [0.15, 0.2) is 0 Å². The summed E-state index contributed by atoms with van der Waals surface area (Å²) in [6.07, 6.45) is 3.25. The van der Waals surface area contributed by atoms with Crippen molar-refractivity contribution in [1.29, 1.82) is 0 Å². The van der Waals surface area contributed by atoms with Gasteiger partial charge in [-0.05, 0) is 32.5 Å². The Labute approximate surface area is 125 Å². The monoisotopic (exact) mass is 293 g/mol. The first-order chi connectivity index (χ1) is 10.0. The molecule has 0 fully saturated rings. The number of nitrogens with zero attached hydrogens (tertiary/aromatic N) is 3. The minimum atomic E-state index is -0.636. The molecule has 0 aromatic carbocycles. The molecule has 0 saturated heterocycles. The van der Waals surface area contributed by atoms with Gasteiger partial charge in [-0.15, -0.1) is 0 Å². The van der Waals surface area contributed by atoms with E-state index in [0.717, 1.165) is 0 Å². The Hall–Kier alpha value is -1.95. The predicted molar refractivity (Wildman–Crippen MR) is 79.6 cm³/mol. The standard InChI is InChI=1S/C15H23N3O3/c1-5-18(6-2)13(19)11-17(3)14(15(20)21-4)12-8-7-9-16-10-12/h7-10,14H,5-6,11H2,1-4H3. The van der Waals surface area contributed by atoms with Crippen molar-refractivity contribution < 1.29 is 14.3 Å². The first-order valence-corrected chi connectivity index (χ1v) is 7.00. The van der Waals surface area contributed by atoms with Gasteiger partial charge in [-0.3, -0.25) is 14.7 Å². The first kappa shape index (κ1) is 17.1. The third-order valence-corrected chi connectivity index (χ3v) is 3.37. The first-order valence-electron chi connectivity index (χ1n) is 7.00. The number of aromatic nitrogens is 1.